The number of nitrogens with one attached hydrogen (secondary N) is 1. The zero-order valence-electron chi connectivity index (χ0n) is 9.95. The van der Waals surface area contributed by atoms with Crippen LogP contribution in [0.2, 0.25) is 5.02 Å². The predicted octanol–water partition coefficient (Wildman–Crippen LogP) is 2.96. The number of carbonyl (C=O) groups is 1. The van der Waals surface area contributed by atoms with Gasteiger partial charge in [-0.05, 0) is 47.1 Å². The molecule has 1 aromatic rings. The smallest absolute Gasteiger partial charge is 0.253 e. The molecule has 0 aliphatic carbocycles. The van der Waals surface area contributed by atoms with E-state index < -0.39 is 0 Å². The van der Waals surface area contributed by atoms with Crippen molar-refractivity contribution in [3.8, 4) is 0 Å². The van der Waals surface area contributed by atoms with Gasteiger partial charge in [0.25, 0.3) is 5.91 Å². The van der Waals surface area contributed by atoms with Gasteiger partial charge in [-0.25, -0.2) is 0 Å². The molecule has 2 rings (SSSR count). The summed E-state index contributed by atoms with van der Waals surface area (Å²) in [5.41, 5.74) is 0.663. The molecule has 0 aromatic heterocycles. The molecule has 1 aliphatic rings. The molecule has 18 heavy (non-hydrogen) atoms. The van der Waals surface area contributed by atoms with E-state index >= 15 is 0 Å². The molecule has 0 saturated carbocycles. The second-order valence-electron chi connectivity index (χ2n) is 4.19. The Balaban J connectivity index is 0.00000162. The highest BCUT2D eigenvalue weighted by atomic mass is 79.9. The Morgan fingerprint density at radius 1 is 1.56 bits per heavy atom. The molecule has 3 nitrogen and oxygen atoms in total. The highest BCUT2D eigenvalue weighted by Gasteiger charge is 2.24. The topological polar surface area (TPSA) is 32.3 Å². The number of hydrogen-bond donors (Lipinski definition) is 1. The fourth-order valence-corrected chi connectivity index (χ4v) is 2.46. The van der Waals surface area contributed by atoms with E-state index in [-0.39, 0.29) is 24.4 Å². The molecule has 1 atom stereocenters. The Morgan fingerprint density at radius 2 is 2.28 bits per heavy atom. The van der Waals surface area contributed by atoms with Crippen molar-refractivity contribution < 1.29 is 4.79 Å². The first-order valence-electron chi connectivity index (χ1n) is 5.52. The Bertz CT molecular complexity index is 436. The lowest BCUT2D eigenvalue weighted by atomic mass is 10.1. The minimum atomic E-state index is 0. The predicted molar refractivity (Wildman–Crippen MR) is 79.8 cm³/mol. The van der Waals surface area contributed by atoms with Gasteiger partial charge in [0.05, 0.1) is 5.02 Å². The van der Waals surface area contributed by atoms with Crippen LogP contribution in [0.25, 0.3) is 0 Å². The van der Waals surface area contributed by atoms with Gasteiger partial charge in [0, 0.05) is 29.7 Å². The third-order valence-corrected chi connectivity index (χ3v) is 4.28. The number of likely N-dealkylation sites (N-methyl/N-ethyl adjacent to an activating group) is 1. The fraction of sp³-hybridized carbons (Fsp3) is 0.417. The molecule has 1 N–H and O–H groups in total. The number of amides is 1. The maximum Gasteiger partial charge on any atom is 0.253 e. The van der Waals surface area contributed by atoms with Crippen molar-refractivity contribution in [3.05, 3.63) is 33.3 Å². The summed E-state index contributed by atoms with van der Waals surface area (Å²) in [6.45, 7) is 1.85. The molecule has 1 amide bonds. The quantitative estimate of drug-likeness (QED) is 0.886. The maximum absolute atomic E-state index is 12.2. The van der Waals surface area contributed by atoms with Crippen molar-refractivity contribution in [2.45, 2.75) is 12.5 Å². The van der Waals surface area contributed by atoms with Crippen molar-refractivity contribution in [3.63, 3.8) is 0 Å². The summed E-state index contributed by atoms with van der Waals surface area (Å²) in [7, 11) is 1.85. The highest BCUT2D eigenvalue weighted by molar-refractivity contribution is 9.10. The van der Waals surface area contributed by atoms with Crippen molar-refractivity contribution in [1.29, 1.82) is 0 Å². The first kappa shape index (κ1) is 15.8. The summed E-state index contributed by atoms with van der Waals surface area (Å²) in [5.74, 6) is 0.0380. The summed E-state index contributed by atoms with van der Waals surface area (Å²) >= 11 is 9.24. The number of carbonyl (C=O) groups excluding carboxylic acids is 1. The molecule has 1 unspecified atom stereocenters. The number of benzene rings is 1. The lowest BCUT2D eigenvalue weighted by Crippen LogP contribution is -2.38. The lowest BCUT2D eigenvalue weighted by Gasteiger charge is -2.23. The minimum Gasteiger partial charge on any atom is -0.337 e. The van der Waals surface area contributed by atoms with Gasteiger partial charge < -0.3 is 10.2 Å². The molecular formula is C12H15BrCl2N2O. The lowest BCUT2D eigenvalue weighted by molar-refractivity contribution is 0.0743. The van der Waals surface area contributed by atoms with Crippen LogP contribution in [0.4, 0.5) is 0 Å². The van der Waals surface area contributed by atoms with E-state index in [4.69, 9.17) is 11.6 Å². The first-order valence-corrected chi connectivity index (χ1v) is 6.69. The van der Waals surface area contributed by atoms with Gasteiger partial charge in [-0.3, -0.25) is 4.79 Å². The van der Waals surface area contributed by atoms with E-state index in [1.165, 1.54) is 0 Å². The monoisotopic (exact) mass is 352 g/mol. The van der Waals surface area contributed by atoms with Crippen LogP contribution in [0.1, 0.15) is 16.8 Å². The molecule has 1 aromatic carbocycles. The molecule has 6 heteroatoms. The van der Waals surface area contributed by atoms with Crippen molar-refractivity contribution in [2.75, 3.05) is 20.1 Å². The van der Waals surface area contributed by atoms with Crippen molar-refractivity contribution in [1.82, 2.24) is 10.2 Å². The summed E-state index contributed by atoms with van der Waals surface area (Å²) in [6, 6.07) is 5.55. The van der Waals surface area contributed by atoms with Gasteiger partial charge in [0.2, 0.25) is 0 Å². The van der Waals surface area contributed by atoms with Gasteiger partial charge in [-0.1, -0.05) is 11.6 Å². The number of rotatable bonds is 2. The Morgan fingerprint density at radius 3 is 2.83 bits per heavy atom. The van der Waals surface area contributed by atoms with Crippen LogP contribution in [0.5, 0.6) is 0 Å². The van der Waals surface area contributed by atoms with Crippen LogP contribution in [-0.4, -0.2) is 37.0 Å². The summed E-state index contributed by atoms with van der Waals surface area (Å²) in [6.07, 6.45) is 1.01. The van der Waals surface area contributed by atoms with Crippen LogP contribution < -0.4 is 5.32 Å². The van der Waals surface area contributed by atoms with E-state index in [0.29, 0.717) is 10.6 Å². The van der Waals surface area contributed by atoms with Gasteiger partial charge in [-0.15, -0.1) is 12.4 Å². The number of hydrogen-bond acceptors (Lipinski definition) is 2. The Kier molecular flexibility index (Phi) is 5.92. The second-order valence-corrected chi connectivity index (χ2v) is 5.45. The van der Waals surface area contributed by atoms with E-state index in [1.807, 2.05) is 7.05 Å². The number of halogens is 3. The molecule has 0 radical (unpaired) electrons. The first-order chi connectivity index (χ1) is 8.09. The van der Waals surface area contributed by atoms with E-state index in [0.717, 1.165) is 24.0 Å². The molecule has 0 spiro atoms. The normalized spacial score (nSPS) is 18.3. The Labute approximate surface area is 126 Å². The van der Waals surface area contributed by atoms with E-state index in [1.54, 1.807) is 23.1 Å². The van der Waals surface area contributed by atoms with Crippen molar-refractivity contribution >= 4 is 45.8 Å². The van der Waals surface area contributed by atoms with Gasteiger partial charge in [0.1, 0.15) is 0 Å². The molecule has 1 aliphatic heterocycles. The van der Waals surface area contributed by atoms with Crippen molar-refractivity contribution in [2.24, 2.45) is 0 Å². The second kappa shape index (κ2) is 6.75. The van der Waals surface area contributed by atoms with Crippen LogP contribution in [-0.2, 0) is 0 Å². The Hall–Kier alpha value is -0.290. The zero-order chi connectivity index (χ0) is 12.4. The third kappa shape index (κ3) is 3.38. The standard InChI is InChI=1S/C12H14BrClN2O.ClH/c1-16(9-4-5-15-7-9)12(17)8-2-3-11(14)10(13)6-8;/h2-3,6,9,15H,4-5,7H2,1H3;1H. The molecule has 1 fully saturated rings. The maximum atomic E-state index is 12.2. The molecule has 1 saturated heterocycles. The third-order valence-electron chi connectivity index (χ3n) is 3.07. The molecule has 100 valence electrons. The van der Waals surface area contributed by atoms with E-state index in [9.17, 15) is 4.79 Å². The van der Waals surface area contributed by atoms with Crippen LogP contribution in [0.15, 0.2) is 22.7 Å². The molecule has 0 bridgehead atoms. The number of nitrogens with zero attached hydrogens (tertiary/aromatic N) is 1. The minimum absolute atomic E-state index is 0. The van der Waals surface area contributed by atoms with Gasteiger partial charge >= 0.3 is 0 Å². The fourth-order valence-electron chi connectivity index (χ4n) is 1.97. The molecular weight excluding hydrogens is 339 g/mol. The van der Waals surface area contributed by atoms with E-state index in [2.05, 4.69) is 21.2 Å². The van der Waals surface area contributed by atoms with Crippen LogP contribution in [0, 0.1) is 0 Å². The average molecular weight is 354 g/mol. The highest BCUT2D eigenvalue weighted by Crippen LogP contribution is 2.24. The average Bonchev–Trinajstić information content (AvgIpc) is 2.84. The SMILES string of the molecule is CN(C(=O)c1ccc(Cl)c(Br)c1)C1CCNC1.Cl. The van der Waals surface area contributed by atoms with Gasteiger partial charge in [-0.2, -0.15) is 0 Å². The van der Waals surface area contributed by atoms with Crippen LogP contribution in [0.3, 0.4) is 0 Å². The summed E-state index contributed by atoms with van der Waals surface area (Å²) in [4.78, 5) is 14.0. The largest absolute Gasteiger partial charge is 0.337 e. The van der Waals surface area contributed by atoms with Gasteiger partial charge in [0.15, 0.2) is 0 Å². The van der Waals surface area contributed by atoms with Crippen LogP contribution >= 0.6 is 39.9 Å². The zero-order valence-corrected chi connectivity index (χ0v) is 13.1. The molecule has 1 heterocycles. The summed E-state index contributed by atoms with van der Waals surface area (Å²) in [5, 5.41) is 3.87. The summed E-state index contributed by atoms with van der Waals surface area (Å²) < 4.78 is 0.753.